The van der Waals surface area contributed by atoms with Gasteiger partial charge in [-0.15, -0.1) is 12.6 Å². The van der Waals surface area contributed by atoms with Crippen LogP contribution in [0.25, 0.3) is 10.9 Å². The number of pyridine rings is 1. The largest absolute Gasteiger partial charge is 0.294 e. The topological polar surface area (TPSA) is 30.0 Å². The summed E-state index contributed by atoms with van der Waals surface area (Å²) in [5.74, 6) is 0.144. The van der Waals surface area contributed by atoms with E-state index in [9.17, 15) is 4.79 Å². The third-order valence-electron chi connectivity index (χ3n) is 3.53. The molecule has 0 spiro atoms. The number of benzene rings is 2. The first-order chi connectivity index (χ1) is 10.3. The van der Waals surface area contributed by atoms with Crippen LogP contribution in [-0.4, -0.2) is 10.8 Å². The number of hydrogen-bond donors (Lipinski definition) is 1. The highest BCUT2D eigenvalue weighted by Gasteiger charge is 2.11. The Balaban J connectivity index is 1.87. The molecule has 0 saturated carbocycles. The molecule has 0 fully saturated rings. The van der Waals surface area contributed by atoms with E-state index in [4.69, 9.17) is 0 Å². The van der Waals surface area contributed by atoms with Crippen LogP contribution in [-0.2, 0) is 6.42 Å². The van der Waals surface area contributed by atoms with Gasteiger partial charge in [0.25, 0.3) is 0 Å². The predicted octanol–water partition coefficient (Wildman–Crippen LogP) is 4.34. The summed E-state index contributed by atoms with van der Waals surface area (Å²) in [4.78, 5) is 17.6. The van der Waals surface area contributed by atoms with E-state index in [0.717, 1.165) is 27.8 Å². The first-order valence-corrected chi connectivity index (χ1v) is 7.34. The zero-order valence-electron chi connectivity index (χ0n) is 11.5. The van der Waals surface area contributed by atoms with Crippen molar-refractivity contribution in [1.82, 2.24) is 4.98 Å². The molecule has 0 aliphatic rings. The van der Waals surface area contributed by atoms with Gasteiger partial charge in [0.2, 0.25) is 0 Å². The van der Waals surface area contributed by atoms with Gasteiger partial charge in [0, 0.05) is 28.5 Å². The zero-order valence-corrected chi connectivity index (χ0v) is 12.4. The summed E-state index contributed by atoms with van der Waals surface area (Å²) < 4.78 is 0. The molecule has 0 atom stereocenters. The van der Waals surface area contributed by atoms with E-state index in [-0.39, 0.29) is 5.78 Å². The molecule has 0 saturated heterocycles. The van der Waals surface area contributed by atoms with Crippen LogP contribution in [0, 0.1) is 0 Å². The van der Waals surface area contributed by atoms with Gasteiger partial charge in [0.15, 0.2) is 5.78 Å². The molecule has 0 amide bonds. The smallest absolute Gasteiger partial charge is 0.163 e. The number of Topliss-reactive ketones (excluding diaryl/α,β-unsaturated/α-hetero) is 1. The van der Waals surface area contributed by atoms with Gasteiger partial charge in [-0.1, -0.05) is 42.5 Å². The summed E-state index contributed by atoms with van der Waals surface area (Å²) in [6, 6.07) is 17.6. The van der Waals surface area contributed by atoms with Gasteiger partial charge >= 0.3 is 0 Å². The maximum Gasteiger partial charge on any atom is 0.163 e. The maximum absolute atomic E-state index is 12.5. The van der Waals surface area contributed by atoms with Crippen LogP contribution in [0.3, 0.4) is 0 Å². The Bertz CT molecular complexity index is 784. The zero-order chi connectivity index (χ0) is 14.7. The monoisotopic (exact) mass is 293 g/mol. The average molecular weight is 293 g/mol. The minimum atomic E-state index is 0.144. The number of nitrogens with zero attached hydrogens (tertiary/aromatic N) is 1. The highest BCUT2D eigenvalue weighted by Crippen LogP contribution is 2.23. The van der Waals surface area contributed by atoms with E-state index in [1.165, 1.54) is 5.56 Å². The molecular formula is C18H15NOS. The minimum absolute atomic E-state index is 0.144. The first kappa shape index (κ1) is 13.8. The Morgan fingerprint density at radius 3 is 2.62 bits per heavy atom. The number of ketones is 1. The molecule has 1 aromatic heterocycles. The lowest BCUT2D eigenvalue weighted by atomic mass is 10.00. The maximum atomic E-state index is 12.5. The molecule has 1 heterocycles. The number of aryl methyl sites for hydroxylation is 1. The minimum Gasteiger partial charge on any atom is -0.294 e. The van der Waals surface area contributed by atoms with Gasteiger partial charge in [-0.2, -0.15) is 0 Å². The number of carbonyl (C=O) groups is 1. The van der Waals surface area contributed by atoms with Crippen LogP contribution < -0.4 is 0 Å². The fourth-order valence-corrected chi connectivity index (χ4v) is 2.71. The highest BCUT2D eigenvalue weighted by atomic mass is 32.1. The summed E-state index contributed by atoms with van der Waals surface area (Å²) in [5.41, 5.74) is 2.69. The van der Waals surface area contributed by atoms with Crippen LogP contribution in [0.5, 0.6) is 0 Å². The van der Waals surface area contributed by atoms with E-state index in [1.54, 1.807) is 12.3 Å². The van der Waals surface area contributed by atoms with Gasteiger partial charge in [-0.3, -0.25) is 9.78 Å². The van der Waals surface area contributed by atoms with E-state index >= 15 is 0 Å². The number of aromatic nitrogens is 1. The molecule has 2 aromatic carbocycles. The van der Waals surface area contributed by atoms with Crippen LogP contribution in [0.4, 0.5) is 0 Å². The standard InChI is InChI=1S/C18H15NOS/c20-16(10-9-13-5-2-1-3-6-13)14-11-12-19-18-15(14)7-4-8-17(18)21/h1-8,11-12,21H,9-10H2. The van der Waals surface area contributed by atoms with Crippen molar-refractivity contribution in [2.75, 3.05) is 0 Å². The second-order valence-corrected chi connectivity index (χ2v) is 5.42. The second kappa shape index (κ2) is 6.10. The van der Waals surface area contributed by atoms with Gasteiger partial charge in [0.05, 0.1) is 5.52 Å². The highest BCUT2D eigenvalue weighted by molar-refractivity contribution is 7.80. The molecule has 3 aromatic rings. The number of hydrogen-bond acceptors (Lipinski definition) is 3. The second-order valence-electron chi connectivity index (χ2n) is 4.94. The molecule has 0 N–H and O–H groups in total. The molecule has 104 valence electrons. The third kappa shape index (κ3) is 2.98. The lowest BCUT2D eigenvalue weighted by Gasteiger charge is -2.07. The lowest BCUT2D eigenvalue weighted by molar-refractivity contribution is 0.0984. The Morgan fingerprint density at radius 2 is 1.81 bits per heavy atom. The molecular weight excluding hydrogens is 278 g/mol. The molecule has 0 bridgehead atoms. The number of fused-ring (bicyclic) bond motifs is 1. The van der Waals surface area contributed by atoms with Gasteiger partial charge in [-0.25, -0.2) is 0 Å². The Hall–Kier alpha value is -2.13. The van der Waals surface area contributed by atoms with E-state index in [1.807, 2.05) is 48.5 Å². The first-order valence-electron chi connectivity index (χ1n) is 6.89. The summed E-state index contributed by atoms with van der Waals surface area (Å²) >= 11 is 4.40. The Labute approximate surface area is 129 Å². The van der Waals surface area contributed by atoms with Crippen LogP contribution in [0.15, 0.2) is 65.7 Å². The van der Waals surface area contributed by atoms with E-state index in [2.05, 4.69) is 17.6 Å². The molecule has 21 heavy (non-hydrogen) atoms. The van der Waals surface area contributed by atoms with Crippen molar-refractivity contribution >= 4 is 29.3 Å². The molecule has 0 radical (unpaired) electrons. The normalized spacial score (nSPS) is 10.7. The summed E-state index contributed by atoms with van der Waals surface area (Å²) in [5, 5.41) is 0.878. The molecule has 3 rings (SSSR count). The van der Waals surface area contributed by atoms with Crippen molar-refractivity contribution in [3.05, 3.63) is 71.9 Å². The van der Waals surface area contributed by atoms with Gasteiger partial charge in [-0.05, 0) is 24.1 Å². The SMILES string of the molecule is O=C(CCc1ccccc1)c1ccnc2c(S)cccc12. The van der Waals surface area contributed by atoms with Crippen LogP contribution >= 0.6 is 12.6 Å². The predicted molar refractivity (Wildman–Crippen MR) is 88.1 cm³/mol. The molecule has 0 unspecified atom stereocenters. The number of para-hydroxylation sites is 1. The van der Waals surface area contributed by atoms with Crippen LogP contribution in [0.1, 0.15) is 22.3 Å². The molecule has 3 heteroatoms. The number of carbonyl (C=O) groups excluding carboxylic acids is 1. The van der Waals surface area contributed by atoms with Crippen molar-refractivity contribution in [2.45, 2.75) is 17.7 Å². The number of rotatable bonds is 4. The summed E-state index contributed by atoms with van der Waals surface area (Å²) in [7, 11) is 0. The lowest BCUT2D eigenvalue weighted by Crippen LogP contribution is -2.03. The van der Waals surface area contributed by atoms with Crippen molar-refractivity contribution in [1.29, 1.82) is 0 Å². The van der Waals surface area contributed by atoms with E-state index in [0.29, 0.717) is 6.42 Å². The average Bonchev–Trinajstić information content (AvgIpc) is 2.53. The molecule has 0 aliphatic heterocycles. The Kier molecular flexibility index (Phi) is 4.02. The van der Waals surface area contributed by atoms with Crippen molar-refractivity contribution in [3.8, 4) is 0 Å². The van der Waals surface area contributed by atoms with Gasteiger partial charge < -0.3 is 0 Å². The summed E-state index contributed by atoms with van der Waals surface area (Å²) in [6.45, 7) is 0. The van der Waals surface area contributed by atoms with Crippen molar-refractivity contribution in [3.63, 3.8) is 0 Å². The van der Waals surface area contributed by atoms with Gasteiger partial charge in [0.1, 0.15) is 0 Å². The van der Waals surface area contributed by atoms with Crippen LogP contribution in [0.2, 0.25) is 0 Å². The van der Waals surface area contributed by atoms with Crippen molar-refractivity contribution < 1.29 is 4.79 Å². The molecule has 2 nitrogen and oxygen atoms in total. The van der Waals surface area contributed by atoms with Crippen molar-refractivity contribution in [2.24, 2.45) is 0 Å². The number of thiol groups is 1. The summed E-state index contributed by atoms with van der Waals surface area (Å²) in [6.07, 6.45) is 2.93. The quantitative estimate of drug-likeness (QED) is 0.573. The fourth-order valence-electron chi connectivity index (χ4n) is 2.44. The molecule has 0 aliphatic carbocycles. The van der Waals surface area contributed by atoms with E-state index < -0.39 is 0 Å². The fraction of sp³-hybridized carbons (Fsp3) is 0.111. The Morgan fingerprint density at radius 1 is 1.00 bits per heavy atom. The third-order valence-corrected chi connectivity index (χ3v) is 3.89.